The third-order valence-electron chi connectivity index (χ3n) is 11.0. The highest BCUT2D eigenvalue weighted by Crippen LogP contribution is 2.40. The largest absolute Gasteiger partial charge is 0.498 e. The number of methoxy groups -OCH3 is 2. The van der Waals surface area contributed by atoms with Gasteiger partial charge in [-0.15, -0.1) is 0 Å². The molecular weight excluding hydrogens is 1150 g/mol. The molecule has 0 radical (unpaired) electrons. The first-order chi connectivity index (χ1) is 42.5. The van der Waals surface area contributed by atoms with Crippen molar-refractivity contribution in [3.63, 3.8) is 0 Å². The minimum atomic E-state index is -0.633. The molecule has 88 heavy (non-hydrogen) atoms. The van der Waals surface area contributed by atoms with Crippen LogP contribution in [-0.4, -0.2) is 168 Å². The van der Waals surface area contributed by atoms with Gasteiger partial charge in [-0.1, -0.05) is 19.1 Å². The molecule has 0 fully saturated rings. The summed E-state index contributed by atoms with van der Waals surface area (Å²) in [6.07, 6.45) is 7.60. The molecule has 1 aliphatic rings. The summed E-state index contributed by atoms with van der Waals surface area (Å²) in [6, 6.07) is 10.4. The second kappa shape index (κ2) is 50.5. The Morgan fingerprint density at radius 2 is 0.818 bits per heavy atom. The highest BCUT2D eigenvalue weighted by atomic mass is 16.6. The number of allylic oxidation sites excluding steroid dienone is 5. The number of rotatable bonds is 32. The minimum Gasteiger partial charge on any atom is -0.498 e. The van der Waals surface area contributed by atoms with E-state index in [0.29, 0.717) is 101 Å². The zero-order valence-electron chi connectivity index (χ0n) is 53.0. The Hall–Kier alpha value is -8.64. The van der Waals surface area contributed by atoms with Crippen molar-refractivity contribution >= 4 is 49.4 Å². The predicted octanol–water partition coefficient (Wildman–Crippen LogP) is 8.25. The van der Waals surface area contributed by atoms with Gasteiger partial charge in [0.15, 0.2) is 39.0 Å². The van der Waals surface area contributed by atoms with E-state index in [9.17, 15) is 33.6 Å². The fourth-order valence-electron chi connectivity index (χ4n) is 7.37. The topological polar surface area (TPSA) is 295 Å². The molecular formula is C64H90O24. The lowest BCUT2D eigenvalue weighted by Crippen LogP contribution is -2.17. The van der Waals surface area contributed by atoms with Crippen LogP contribution in [0.25, 0.3) is 0 Å². The van der Waals surface area contributed by atoms with E-state index in [2.05, 4.69) is 14.2 Å². The predicted molar refractivity (Wildman–Crippen MR) is 323 cm³/mol. The van der Waals surface area contributed by atoms with Gasteiger partial charge in [-0.05, 0) is 132 Å². The monoisotopic (exact) mass is 1240 g/mol. The summed E-state index contributed by atoms with van der Waals surface area (Å²) in [7, 11) is 3.36. The molecule has 490 valence electrons. The van der Waals surface area contributed by atoms with E-state index in [-0.39, 0.29) is 101 Å². The van der Waals surface area contributed by atoms with Gasteiger partial charge in [0, 0.05) is 71.0 Å². The number of hydrogen-bond donors (Lipinski definition) is 1. The summed E-state index contributed by atoms with van der Waals surface area (Å²) in [5.41, 5.74) is 3.99. The molecule has 0 saturated heterocycles. The number of hydrogen-bond acceptors (Lipinski definition) is 23. The van der Waals surface area contributed by atoms with Crippen molar-refractivity contribution in [1.82, 2.24) is 0 Å². The Labute approximate surface area is 516 Å². The van der Waals surface area contributed by atoms with Gasteiger partial charge in [0.05, 0.1) is 52.0 Å². The summed E-state index contributed by atoms with van der Waals surface area (Å²) < 4.78 is 82.9. The van der Waals surface area contributed by atoms with Crippen molar-refractivity contribution in [2.45, 2.75) is 101 Å². The van der Waals surface area contributed by atoms with E-state index in [1.54, 1.807) is 92.2 Å². The molecule has 0 aromatic heterocycles. The van der Waals surface area contributed by atoms with Gasteiger partial charge < -0.3 is 76.2 Å². The highest BCUT2D eigenvalue weighted by Gasteiger charge is 2.24. The molecule has 3 aromatic carbocycles. The summed E-state index contributed by atoms with van der Waals surface area (Å²) >= 11 is 0. The first-order valence-electron chi connectivity index (χ1n) is 28.7. The van der Waals surface area contributed by atoms with Gasteiger partial charge in [0.1, 0.15) is 53.5 Å². The Kier molecular flexibility index (Phi) is 45.5. The fourth-order valence-corrected chi connectivity index (χ4v) is 7.37. The van der Waals surface area contributed by atoms with Crippen LogP contribution < -0.4 is 28.4 Å². The van der Waals surface area contributed by atoms with E-state index in [4.69, 9.17) is 66.7 Å². The lowest BCUT2D eigenvalue weighted by molar-refractivity contribution is -0.147. The number of esters is 4. The third-order valence-corrected chi connectivity index (χ3v) is 11.0. The lowest BCUT2D eigenvalue weighted by Gasteiger charge is -2.22. The number of carbonyl (C=O) groups is 8. The summed E-state index contributed by atoms with van der Waals surface area (Å²) in [5, 5.41) is 6.89. The minimum absolute atomic E-state index is 0.0287. The fraction of sp³-hybridized carbons (Fsp3) is 0.500. The Morgan fingerprint density at radius 3 is 1.17 bits per heavy atom. The van der Waals surface area contributed by atoms with Gasteiger partial charge in [-0.3, -0.25) is 19.2 Å². The van der Waals surface area contributed by atoms with E-state index < -0.39 is 50.3 Å². The van der Waals surface area contributed by atoms with Crippen molar-refractivity contribution in [2.24, 2.45) is 0 Å². The number of aldehydes is 2. The molecule has 24 heteroatoms. The summed E-state index contributed by atoms with van der Waals surface area (Å²) in [6.45, 7) is 19.0. The van der Waals surface area contributed by atoms with E-state index in [1.165, 1.54) is 0 Å². The van der Waals surface area contributed by atoms with Crippen molar-refractivity contribution in [3.05, 3.63) is 105 Å². The number of carbonyl (C=O) groups excluding carboxylic acids is 7. The molecule has 0 aliphatic heterocycles. The normalized spacial score (nSPS) is 12.1. The standard InChI is InChI=1S/C54H66O18.C3H6O2.2C3H8O.CH2O2/c1-8-19-66-46-30-50(72-35-54(60)65-13-6)43-27-41(46)25-39-24-38(45(29-47(39)67-20-17-55)70-33-52(58)63-11-4)16-14-15-37(44(22-36(7)61-9-2)69-32-51(57)62-10-3)23-40-26-42(28-43)48(68-21-18-56)31-49(40)71-34-53(59)64-12-5;1-2-5-3-4;2*1-3-4-2;2-1-3/h14-15,17-18,22,24,26-27,29-31H,8-13,16,19-21,23,25,28,32-35H2,1-7H3;3H,2H2,1H3;2*3H2,1-2H3;1H,(H,2,3)/b15-14+,36-22+,44-37-;;;;. The molecule has 0 amide bonds. The quantitative estimate of drug-likeness (QED) is 0.0266. The zero-order chi connectivity index (χ0) is 65.9. The highest BCUT2D eigenvalue weighted by molar-refractivity contribution is 5.73. The van der Waals surface area contributed by atoms with Crippen molar-refractivity contribution in [2.75, 3.05) is 113 Å². The second-order valence-electron chi connectivity index (χ2n) is 17.4. The average molecular weight is 1240 g/mol. The van der Waals surface area contributed by atoms with Gasteiger partial charge in [-0.2, -0.15) is 0 Å². The summed E-state index contributed by atoms with van der Waals surface area (Å²) in [4.78, 5) is 92.1. The van der Waals surface area contributed by atoms with Crippen LogP contribution in [0.2, 0.25) is 0 Å². The number of ether oxygens (including phenoxy) is 15. The summed E-state index contributed by atoms with van der Waals surface area (Å²) in [5.74, 6) is -0.0612. The first-order valence-corrected chi connectivity index (χ1v) is 28.7. The van der Waals surface area contributed by atoms with Gasteiger partial charge >= 0.3 is 23.9 Å². The first kappa shape index (κ1) is 79.4. The van der Waals surface area contributed by atoms with Crippen molar-refractivity contribution in [3.8, 4) is 34.5 Å². The maximum atomic E-state index is 12.8. The maximum Gasteiger partial charge on any atom is 0.344 e. The number of benzene rings is 3. The second-order valence-corrected chi connectivity index (χ2v) is 17.4. The SMILES string of the molecule is CCCOc1cc(OCC(=O)OCC)c2cc1Cc1cc(c(OCC(=O)OCC)cc1OCC=O)C/C=C/C(=C(\C=C(/C)OCC)OCC(=O)OCC)Cc1cc(c(OCC=O)cc1OCC(=O)OCC)C2.CCOC.CCOC.CCOC=O.O=CO. The Morgan fingerprint density at radius 1 is 0.455 bits per heavy atom. The van der Waals surface area contributed by atoms with Crippen LogP contribution in [0.15, 0.2) is 71.7 Å². The molecule has 24 nitrogen and oxygen atoms in total. The van der Waals surface area contributed by atoms with Gasteiger partial charge in [-0.25, -0.2) is 19.2 Å². The zero-order valence-corrected chi connectivity index (χ0v) is 53.0. The van der Waals surface area contributed by atoms with E-state index in [0.717, 1.165) is 13.2 Å². The Balaban J connectivity index is 0.00000420. The van der Waals surface area contributed by atoms with Crippen LogP contribution in [0, 0.1) is 0 Å². The number of carboxylic acid groups (broad SMARTS) is 1. The molecule has 3 aromatic rings. The van der Waals surface area contributed by atoms with Crippen molar-refractivity contribution in [1.29, 1.82) is 0 Å². The molecule has 0 atom stereocenters. The molecule has 0 heterocycles. The third kappa shape index (κ3) is 33.3. The molecule has 6 bridgehead atoms. The van der Waals surface area contributed by atoms with Crippen LogP contribution in [0.1, 0.15) is 109 Å². The Bertz CT molecular complexity index is 2630. The average Bonchev–Trinajstić information content (AvgIpc) is 1.03. The molecule has 0 saturated carbocycles. The van der Waals surface area contributed by atoms with E-state index >= 15 is 0 Å². The molecule has 1 N–H and O–H groups in total. The van der Waals surface area contributed by atoms with Crippen LogP contribution >= 0.6 is 0 Å². The van der Waals surface area contributed by atoms with Crippen molar-refractivity contribution < 1.29 is 115 Å². The van der Waals surface area contributed by atoms with Crippen LogP contribution in [0.4, 0.5) is 0 Å². The molecule has 0 unspecified atom stereocenters. The molecule has 4 rings (SSSR count). The van der Waals surface area contributed by atoms with Crippen LogP contribution in [0.5, 0.6) is 34.5 Å². The maximum absolute atomic E-state index is 12.8. The van der Waals surface area contributed by atoms with E-state index in [1.807, 2.05) is 45.9 Å². The van der Waals surface area contributed by atoms with Gasteiger partial charge in [0.25, 0.3) is 12.9 Å². The van der Waals surface area contributed by atoms with Crippen LogP contribution in [-0.2, 0) is 107 Å². The van der Waals surface area contributed by atoms with Gasteiger partial charge in [0.2, 0.25) is 0 Å². The molecule has 1 aliphatic carbocycles. The lowest BCUT2D eigenvalue weighted by atomic mass is 9.92. The number of fused-ring (bicyclic) bond motifs is 6. The van der Waals surface area contributed by atoms with Crippen LogP contribution in [0.3, 0.4) is 0 Å². The smallest absolute Gasteiger partial charge is 0.344 e. The molecule has 0 spiro atoms.